The lowest BCUT2D eigenvalue weighted by Gasteiger charge is -2.10. The van der Waals surface area contributed by atoms with E-state index in [0.717, 1.165) is 10.5 Å². The standard InChI is InChI=1S/C22H18O6S2/c1-11-5-10-16(19-18(11)29-22(30-19)17(12(2)23)13(3)24)28-21(26)15-8-6-14(7-9-15)20(25)27-4/h5-10H,1-4H3. The first kappa shape index (κ1) is 21.9. The predicted octanol–water partition coefficient (Wildman–Crippen LogP) is 4.59. The molecule has 0 atom stereocenters. The minimum absolute atomic E-state index is 0.149. The first-order chi connectivity index (χ1) is 14.2. The first-order valence-electron chi connectivity index (χ1n) is 8.89. The molecule has 0 unspecified atom stereocenters. The summed E-state index contributed by atoms with van der Waals surface area (Å²) in [5.74, 6) is -1.33. The smallest absolute Gasteiger partial charge is 0.343 e. The number of esters is 2. The van der Waals surface area contributed by atoms with E-state index in [9.17, 15) is 19.2 Å². The number of hydrogen-bond donors (Lipinski definition) is 0. The minimum Gasteiger partial charge on any atom is -0.465 e. The van der Waals surface area contributed by atoms with E-state index in [4.69, 9.17) is 4.74 Å². The Morgan fingerprint density at radius 3 is 1.83 bits per heavy atom. The summed E-state index contributed by atoms with van der Waals surface area (Å²) in [6.07, 6.45) is 0. The minimum atomic E-state index is -0.584. The van der Waals surface area contributed by atoms with E-state index < -0.39 is 11.9 Å². The van der Waals surface area contributed by atoms with Crippen molar-refractivity contribution in [1.29, 1.82) is 0 Å². The second kappa shape index (κ2) is 8.89. The lowest BCUT2D eigenvalue weighted by Crippen LogP contribution is -2.10. The second-order valence-corrected chi connectivity index (χ2v) is 8.78. The van der Waals surface area contributed by atoms with Gasteiger partial charge in [-0.1, -0.05) is 29.6 Å². The van der Waals surface area contributed by atoms with E-state index in [1.54, 1.807) is 6.07 Å². The van der Waals surface area contributed by atoms with Gasteiger partial charge in [-0.25, -0.2) is 9.59 Å². The molecule has 0 bridgehead atoms. The number of ether oxygens (including phenoxy) is 2. The molecule has 30 heavy (non-hydrogen) atoms. The molecule has 0 spiro atoms. The normalized spacial score (nSPS) is 12.2. The number of carbonyl (C=O) groups excluding carboxylic acids is 4. The van der Waals surface area contributed by atoms with Crippen LogP contribution in [0.2, 0.25) is 0 Å². The Hall–Kier alpha value is -2.84. The number of aryl methyl sites for hydroxylation is 1. The Labute approximate surface area is 182 Å². The number of rotatable bonds is 5. The number of benzene rings is 2. The maximum atomic E-state index is 12.6. The molecule has 0 aliphatic carbocycles. The fraction of sp³-hybridized carbons (Fsp3) is 0.182. The van der Waals surface area contributed by atoms with Crippen molar-refractivity contribution in [3.63, 3.8) is 0 Å². The average molecular weight is 443 g/mol. The maximum Gasteiger partial charge on any atom is 0.343 e. The van der Waals surface area contributed by atoms with Gasteiger partial charge in [0.15, 0.2) is 11.6 Å². The molecule has 3 rings (SSSR count). The van der Waals surface area contributed by atoms with E-state index in [-0.39, 0.29) is 22.7 Å². The Balaban J connectivity index is 1.90. The van der Waals surface area contributed by atoms with Crippen LogP contribution < -0.4 is 4.74 Å². The van der Waals surface area contributed by atoms with Gasteiger partial charge in [-0.05, 0) is 56.7 Å². The highest BCUT2D eigenvalue weighted by Crippen LogP contribution is 2.57. The molecule has 0 fully saturated rings. The van der Waals surface area contributed by atoms with Gasteiger partial charge in [-0.3, -0.25) is 9.59 Å². The van der Waals surface area contributed by atoms with Crippen LogP contribution in [-0.4, -0.2) is 30.6 Å². The van der Waals surface area contributed by atoms with Gasteiger partial charge in [0.05, 0.1) is 32.9 Å². The zero-order valence-electron chi connectivity index (χ0n) is 16.7. The lowest BCUT2D eigenvalue weighted by atomic mass is 10.1. The summed E-state index contributed by atoms with van der Waals surface area (Å²) in [5.41, 5.74) is 1.70. The summed E-state index contributed by atoms with van der Waals surface area (Å²) in [5, 5.41) is 0. The molecule has 0 radical (unpaired) electrons. The van der Waals surface area contributed by atoms with Crippen molar-refractivity contribution in [2.45, 2.75) is 30.6 Å². The van der Waals surface area contributed by atoms with E-state index in [2.05, 4.69) is 4.74 Å². The largest absolute Gasteiger partial charge is 0.465 e. The van der Waals surface area contributed by atoms with Crippen LogP contribution in [0.3, 0.4) is 0 Å². The van der Waals surface area contributed by atoms with Crippen LogP contribution in [0.25, 0.3) is 0 Å². The predicted molar refractivity (Wildman–Crippen MR) is 114 cm³/mol. The summed E-state index contributed by atoms with van der Waals surface area (Å²) in [7, 11) is 1.28. The van der Waals surface area contributed by atoms with Gasteiger partial charge in [-0.2, -0.15) is 0 Å². The molecule has 154 valence electrons. The molecular weight excluding hydrogens is 424 g/mol. The summed E-state index contributed by atoms with van der Waals surface area (Å²) < 4.78 is 10.8. The number of ketones is 2. The van der Waals surface area contributed by atoms with Crippen molar-refractivity contribution in [2.75, 3.05) is 7.11 Å². The fourth-order valence-corrected chi connectivity index (χ4v) is 5.76. The van der Waals surface area contributed by atoms with Crippen LogP contribution in [0.4, 0.5) is 0 Å². The van der Waals surface area contributed by atoms with Gasteiger partial charge in [0, 0.05) is 4.90 Å². The van der Waals surface area contributed by atoms with Crippen molar-refractivity contribution in [3.8, 4) is 5.75 Å². The van der Waals surface area contributed by atoms with Crippen LogP contribution in [0, 0.1) is 6.92 Å². The van der Waals surface area contributed by atoms with E-state index in [1.165, 1.54) is 68.7 Å². The van der Waals surface area contributed by atoms with Crippen LogP contribution in [0.5, 0.6) is 5.75 Å². The Morgan fingerprint density at radius 2 is 1.30 bits per heavy atom. The number of Topliss-reactive ketones (excluding diaryl/α,β-unsaturated/α-hetero) is 2. The molecule has 0 saturated heterocycles. The SMILES string of the molecule is COC(=O)c1ccc(C(=O)Oc2ccc(C)c3c2SC(=C(C(C)=O)C(C)=O)S3)cc1. The molecular formula is C22H18O6S2. The van der Waals surface area contributed by atoms with Crippen LogP contribution >= 0.6 is 23.5 Å². The zero-order chi connectivity index (χ0) is 22.0. The Bertz CT molecular complexity index is 1080. The molecule has 6 nitrogen and oxygen atoms in total. The molecule has 0 saturated carbocycles. The molecule has 2 aromatic rings. The van der Waals surface area contributed by atoms with Gasteiger partial charge in [0.1, 0.15) is 5.75 Å². The third-order valence-corrected chi connectivity index (χ3v) is 7.06. The molecule has 2 aromatic carbocycles. The van der Waals surface area contributed by atoms with Crippen LogP contribution in [-0.2, 0) is 14.3 Å². The molecule has 8 heteroatoms. The van der Waals surface area contributed by atoms with Gasteiger partial charge in [0.25, 0.3) is 0 Å². The fourth-order valence-electron chi connectivity index (χ4n) is 2.81. The highest BCUT2D eigenvalue weighted by molar-refractivity contribution is 8.24. The van der Waals surface area contributed by atoms with Crippen molar-refractivity contribution < 1.29 is 28.7 Å². The average Bonchev–Trinajstić information content (AvgIpc) is 3.14. The highest BCUT2D eigenvalue weighted by Gasteiger charge is 2.29. The third-order valence-electron chi connectivity index (χ3n) is 4.32. The third kappa shape index (κ3) is 4.34. The highest BCUT2D eigenvalue weighted by atomic mass is 32.2. The topological polar surface area (TPSA) is 86.7 Å². The lowest BCUT2D eigenvalue weighted by molar-refractivity contribution is -0.119. The van der Waals surface area contributed by atoms with Crippen molar-refractivity contribution in [3.05, 3.63) is 62.9 Å². The monoisotopic (exact) mass is 442 g/mol. The summed E-state index contributed by atoms with van der Waals surface area (Å²) >= 11 is 2.58. The van der Waals surface area contributed by atoms with Crippen LogP contribution in [0.15, 0.2) is 56.0 Å². The van der Waals surface area contributed by atoms with Crippen molar-refractivity contribution in [1.82, 2.24) is 0 Å². The number of fused-ring (bicyclic) bond motifs is 1. The molecule has 1 aliphatic rings. The number of hydrogen-bond acceptors (Lipinski definition) is 8. The molecule has 0 aromatic heterocycles. The number of carbonyl (C=O) groups is 4. The summed E-state index contributed by atoms with van der Waals surface area (Å²) in [6.45, 7) is 4.63. The molecule has 0 N–H and O–H groups in total. The molecule has 1 aliphatic heterocycles. The van der Waals surface area contributed by atoms with Crippen LogP contribution in [0.1, 0.15) is 40.1 Å². The summed E-state index contributed by atoms with van der Waals surface area (Å²) in [4.78, 5) is 49.5. The van der Waals surface area contributed by atoms with Crippen molar-refractivity contribution in [2.24, 2.45) is 0 Å². The Kier molecular flexibility index (Phi) is 6.48. The second-order valence-electron chi connectivity index (χ2n) is 6.48. The van der Waals surface area contributed by atoms with E-state index in [1.807, 2.05) is 13.0 Å². The molecule has 1 heterocycles. The number of thioether (sulfide) groups is 2. The Morgan fingerprint density at radius 1 is 0.767 bits per heavy atom. The maximum absolute atomic E-state index is 12.6. The van der Waals surface area contributed by atoms with Gasteiger partial charge in [0.2, 0.25) is 0 Å². The number of allylic oxidation sites excluding steroid dienone is 1. The first-order valence-corrected chi connectivity index (χ1v) is 10.5. The van der Waals surface area contributed by atoms with Gasteiger partial charge >= 0.3 is 11.9 Å². The summed E-state index contributed by atoms with van der Waals surface area (Å²) in [6, 6.07) is 9.45. The molecule has 0 amide bonds. The van der Waals surface area contributed by atoms with Crippen molar-refractivity contribution >= 4 is 47.0 Å². The number of methoxy groups -OCH3 is 1. The van der Waals surface area contributed by atoms with E-state index >= 15 is 0 Å². The van der Waals surface area contributed by atoms with E-state index in [0.29, 0.717) is 20.4 Å². The van der Waals surface area contributed by atoms with Gasteiger partial charge < -0.3 is 9.47 Å². The zero-order valence-corrected chi connectivity index (χ0v) is 18.4. The van der Waals surface area contributed by atoms with Gasteiger partial charge in [-0.15, -0.1) is 0 Å². The quantitative estimate of drug-likeness (QED) is 0.219.